The van der Waals surface area contributed by atoms with E-state index < -0.39 is 16.1 Å². The zero-order valence-electron chi connectivity index (χ0n) is 17.1. The summed E-state index contributed by atoms with van der Waals surface area (Å²) in [5.74, 6) is -0.196. The molecule has 0 unspecified atom stereocenters. The van der Waals surface area contributed by atoms with Gasteiger partial charge in [-0.15, -0.1) is 0 Å². The first kappa shape index (κ1) is 21.6. The van der Waals surface area contributed by atoms with E-state index in [1.165, 1.54) is 16.4 Å². The fourth-order valence-corrected chi connectivity index (χ4v) is 5.49. The minimum atomic E-state index is -3.91. The minimum Gasteiger partial charge on any atom is -0.479 e. The second-order valence-electron chi connectivity index (χ2n) is 7.59. The van der Waals surface area contributed by atoms with Crippen molar-refractivity contribution in [3.05, 3.63) is 52.5 Å². The van der Waals surface area contributed by atoms with Gasteiger partial charge in [-0.2, -0.15) is 4.31 Å². The van der Waals surface area contributed by atoms with Crippen molar-refractivity contribution in [2.75, 3.05) is 31.5 Å². The van der Waals surface area contributed by atoms with Gasteiger partial charge in [-0.3, -0.25) is 9.59 Å². The molecule has 1 fully saturated rings. The highest BCUT2D eigenvalue weighted by molar-refractivity contribution is 7.89. The summed E-state index contributed by atoms with van der Waals surface area (Å²) in [5, 5.41) is 2.64. The fourth-order valence-electron chi connectivity index (χ4n) is 3.56. The number of carbonyl (C=O) groups is 2. The molecule has 2 amide bonds. The summed E-state index contributed by atoms with van der Waals surface area (Å²) in [7, 11) is -3.91. The van der Waals surface area contributed by atoms with Crippen LogP contribution in [-0.2, 0) is 14.8 Å². The number of sulfonamides is 1. The van der Waals surface area contributed by atoms with E-state index in [1.54, 1.807) is 24.0 Å². The largest absolute Gasteiger partial charge is 0.479 e. The predicted octanol–water partition coefficient (Wildman–Crippen LogP) is 2.51. The Labute approximate surface area is 185 Å². The van der Waals surface area contributed by atoms with Crippen LogP contribution in [0, 0.1) is 6.92 Å². The standard InChI is InChI=1S/C21H22ClN3O5S/c1-13-3-5-15(6-4-13)21(27)24-7-9-25(10-8-24)31(28,29)19-12-18-17(11-16(19)22)23-20(26)14(2)30-18/h3-6,11-12,14H,7-10H2,1-2H3,(H,23,26)/t14-/m0/s1. The van der Waals surface area contributed by atoms with Gasteiger partial charge in [0.25, 0.3) is 11.8 Å². The summed E-state index contributed by atoms with van der Waals surface area (Å²) < 4.78 is 33.3. The van der Waals surface area contributed by atoms with Crippen molar-refractivity contribution in [3.8, 4) is 5.75 Å². The van der Waals surface area contributed by atoms with Gasteiger partial charge in [0.2, 0.25) is 10.0 Å². The third-order valence-corrected chi connectivity index (χ3v) is 7.77. The molecule has 2 heterocycles. The number of benzene rings is 2. The van der Waals surface area contributed by atoms with Crippen molar-refractivity contribution in [1.29, 1.82) is 0 Å². The van der Waals surface area contributed by atoms with Crippen LogP contribution in [0.25, 0.3) is 0 Å². The first-order valence-electron chi connectivity index (χ1n) is 9.84. The van der Waals surface area contributed by atoms with Crippen LogP contribution >= 0.6 is 11.6 Å². The summed E-state index contributed by atoms with van der Waals surface area (Å²) >= 11 is 6.24. The lowest BCUT2D eigenvalue weighted by atomic mass is 10.1. The smallest absolute Gasteiger partial charge is 0.265 e. The highest BCUT2D eigenvalue weighted by atomic mass is 35.5. The van der Waals surface area contributed by atoms with Gasteiger partial charge in [0, 0.05) is 37.8 Å². The Kier molecular flexibility index (Phi) is 5.67. The van der Waals surface area contributed by atoms with Crippen molar-refractivity contribution in [2.24, 2.45) is 0 Å². The van der Waals surface area contributed by atoms with Crippen molar-refractivity contribution in [1.82, 2.24) is 9.21 Å². The normalized spacial score (nSPS) is 19.4. The maximum absolute atomic E-state index is 13.2. The molecule has 0 aromatic heterocycles. The Bertz CT molecular complexity index is 1140. The first-order chi connectivity index (χ1) is 14.7. The number of fused-ring (bicyclic) bond motifs is 1. The number of carbonyl (C=O) groups excluding carboxylic acids is 2. The van der Waals surface area contributed by atoms with Crippen molar-refractivity contribution >= 4 is 39.1 Å². The van der Waals surface area contributed by atoms with Crippen molar-refractivity contribution in [2.45, 2.75) is 24.8 Å². The monoisotopic (exact) mass is 463 g/mol. The molecule has 2 aromatic rings. The van der Waals surface area contributed by atoms with Crippen LogP contribution in [0.5, 0.6) is 5.75 Å². The number of ether oxygens (including phenoxy) is 1. The molecule has 2 aliphatic rings. The second kappa shape index (κ2) is 8.14. The van der Waals surface area contributed by atoms with Crippen LogP contribution < -0.4 is 10.1 Å². The topological polar surface area (TPSA) is 96.0 Å². The third-order valence-electron chi connectivity index (χ3n) is 5.41. The van der Waals surface area contributed by atoms with Gasteiger partial charge in [-0.05, 0) is 32.0 Å². The molecule has 10 heteroatoms. The molecule has 1 saturated heterocycles. The van der Waals surface area contributed by atoms with E-state index in [4.69, 9.17) is 16.3 Å². The zero-order chi connectivity index (χ0) is 22.3. The van der Waals surface area contributed by atoms with E-state index >= 15 is 0 Å². The van der Waals surface area contributed by atoms with Gasteiger partial charge in [-0.25, -0.2) is 8.42 Å². The molecule has 8 nitrogen and oxygen atoms in total. The molecule has 4 rings (SSSR count). The van der Waals surface area contributed by atoms with Crippen LogP contribution in [0.4, 0.5) is 5.69 Å². The minimum absolute atomic E-state index is 0.00429. The Morgan fingerprint density at radius 3 is 2.42 bits per heavy atom. The van der Waals surface area contributed by atoms with Gasteiger partial charge < -0.3 is 15.0 Å². The number of anilines is 1. The van der Waals surface area contributed by atoms with Crippen LogP contribution in [0.1, 0.15) is 22.8 Å². The molecule has 0 radical (unpaired) electrons. The summed E-state index contributed by atoms with van der Waals surface area (Å²) in [6.45, 7) is 4.38. The number of nitrogens with zero attached hydrogens (tertiary/aromatic N) is 2. The molecule has 0 aliphatic carbocycles. The lowest BCUT2D eigenvalue weighted by Gasteiger charge is -2.34. The number of aryl methyl sites for hydroxylation is 1. The maximum Gasteiger partial charge on any atom is 0.265 e. The lowest BCUT2D eigenvalue weighted by Crippen LogP contribution is -2.50. The fraction of sp³-hybridized carbons (Fsp3) is 0.333. The van der Waals surface area contributed by atoms with Gasteiger partial charge in [0.05, 0.1) is 10.7 Å². The van der Waals surface area contributed by atoms with Gasteiger partial charge in [0.15, 0.2) is 6.10 Å². The van der Waals surface area contributed by atoms with Crippen LogP contribution in [0.3, 0.4) is 0 Å². The van der Waals surface area contributed by atoms with E-state index in [9.17, 15) is 18.0 Å². The van der Waals surface area contributed by atoms with E-state index in [2.05, 4.69) is 5.32 Å². The number of amides is 2. The first-order valence-corrected chi connectivity index (χ1v) is 11.7. The number of halogens is 1. The molecular weight excluding hydrogens is 442 g/mol. The quantitative estimate of drug-likeness (QED) is 0.754. The van der Waals surface area contributed by atoms with E-state index in [1.807, 2.05) is 19.1 Å². The van der Waals surface area contributed by atoms with E-state index in [0.717, 1.165) is 5.56 Å². The Balaban J connectivity index is 1.51. The molecule has 0 spiro atoms. The second-order valence-corrected chi connectivity index (χ2v) is 9.90. The highest BCUT2D eigenvalue weighted by Gasteiger charge is 2.34. The molecule has 31 heavy (non-hydrogen) atoms. The number of piperazine rings is 1. The third kappa shape index (κ3) is 4.13. The van der Waals surface area contributed by atoms with Crippen molar-refractivity contribution < 1.29 is 22.7 Å². The average molecular weight is 464 g/mol. The average Bonchev–Trinajstić information content (AvgIpc) is 2.74. The zero-order valence-corrected chi connectivity index (χ0v) is 18.7. The predicted molar refractivity (Wildman–Crippen MR) is 116 cm³/mol. The number of rotatable bonds is 3. The maximum atomic E-state index is 13.2. The number of hydrogen-bond donors (Lipinski definition) is 1. The molecule has 0 saturated carbocycles. The molecule has 0 bridgehead atoms. The Morgan fingerprint density at radius 1 is 1.13 bits per heavy atom. The van der Waals surface area contributed by atoms with Gasteiger partial charge >= 0.3 is 0 Å². The molecule has 2 aliphatic heterocycles. The molecule has 2 aromatic carbocycles. The summed E-state index contributed by atoms with van der Waals surface area (Å²) in [6, 6.07) is 10.0. The molecule has 1 atom stereocenters. The SMILES string of the molecule is Cc1ccc(C(=O)N2CCN(S(=O)(=O)c3cc4c(cc3Cl)NC(=O)[C@H](C)O4)CC2)cc1. The van der Waals surface area contributed by atoms with Gasteiger partial charge in [0.1, 0.15) is 10.6 Å². The van der Waals surface area contributed by atoms with Gasteiger partial charge in [-0.1, -0.05) is 29.3 Å². The lowest BCUT2D eigenvalue weighted by molar-refractivity contribution is -0.122. The summed E-state index contributed by atoms with van der Waals surface area (Å²) in [4.78, 5) is 26.0. The molecular formula is C21H22ClN3O5S. The van der Waals surface area contributed by atoms with E-state index in [-0.39, 0.29) is 53.7 Å². The number of hydrogen-bond acceptors (Lipinski definition) is 5. The molecule has 1 N–H and O–H groups in total. The van der Waals surface area contributed by atoms with Crippen LogP contribution in [-0.4, -0.2) is 61.7 Å². The van der Waals surface area contributed by atoms with E-state index in [0.29, 0.717) is 11.3 Å². The highest BCUT2D eigenvalue weighted by Crippen LogP contribution is 2.38. The number of nitrogens with one attached hydrogen (secondary N) is 1. The summed E-state index contributed by atoms with van der Waals surface area (Å²) in [5.41, 5.74) is 1.97. The van der Waals surface area contributed by atoms with Crippen LogP contribution in [0.15, 0.2) is 41.3 Å². The van der Waals surface area contributed by atoms with Crippen molar-refractivity contribution in [3.63, 3.8) is 0 Å². The molecule has 164 valence electrons. The Morgan fingerprint density at radius 2 is 1.77 bits per heavy atom. The summed E-state index contributed by atoms with van der Waals surface area (Å²) in [6.07, 6.45) is -0.736. The van der Waals surface area contributed by atoms with Crippen LogP contribution in [0.2, 0.25) is 5.02 Å². The Hall–Kier alpha value is -2.62.